The first-order valence-electron chi connectivity index (χ1n) is 18.2. The lowest BCUT2D eigenvalue weighted by molar-refractivity contribution is -0.120. The second kappa shape index (κ2) is 19.6. The molecule has 0 saturated carbocycles. The fourth-order valence-corrected chi connectivity index (χ4v) is 6.29. The van der Waals surface area contributed by atoms with E-state index < -0.39 is 47.0 Å². The SMILES string of the molecule is CCOc1c(/C(C)=N/NC(=O)OC(C)(C)C)cc(Cl)c(F)c1[C@@H]1CNC(=O)C1.CCOc1c([C@H](C)NNC(=O)OC(C)(C)C)cc(Cl)c(F)c1[C@@H]1CNC(=O)C1. The van der Waals surface area contributed by atoms with Gasteiger partial charge in [0.1, 0.15) is 34.3 Å². The van der Waals surface area contributed by atoms with Gasteiger partial charge in [-0.3, -0.25) is 15.0 Å². The molecular formula is C38H52Cl2F2N6O8. The van der Waals surface area contributed by atoms with E-state index in [1.54, 1.807) is 69.2 Å². The molecular weight excluding hydrogens is 777 g/mol. The molecule has 2 heterocycles. The highest BCUT2D eigenvalue weighted by atomic mass is 35.5. The van der Waals surface area contributed by atoms with Crippen LogP contribution in [0.2, 0.25) is 10.0 Å². The summed E-state index contributed by atoms with van der Waals surface area (Å²) >= 11 is 12.2. The molecule has 2 fully saturated rings. The van der Waals surface area contributed by atoms with Gasteiger partial charge in [-0.15, -0.1) is 0 Å². The smallest absolute Gasteiger partial charge is 0.428 e. The van der Waals surface area contributed by atoms with Crippen molar-refractivity contribution in [3.63, 3.8) is 0 Å². The fraction of sp³-hybridized carbons (Fsp3) is 0.553. The topological polar surface area (TPSA) is 178 Å². The lowest BCUT2D eigenvalue weighted by Crippen LogP contribution is -2.42. The molecule has 14 nitrogen and oxygen atoms in total. The summed E-state index contributed by atoms with van der Waals surface area (Å²) in [5, 5.41) is 9.23. The van der Waals surface area contributed by atoms with Crippen LogP contribution in [0.25, 0.3) is 0 Å². The molecule has 2 aromatic carbocycles. The highest BCUT2D eigenvalue weighted by molar-refractivity contribution is 6.31. The van der Waals surface area contributed by atoms with Crippen LogP contribution in [0.1, 0.15) is 122 Å². The Morgan fingerprint density at radius 1 is 0.839 bits per heavy atom. The van der Waals surface area contributed by atoms with E-state index in [2.05, 4.69) is 32.0 Å². The molecule has 0 radical (unpaired) electrons. The van der Waals surface area contributed by atoms with Crippen molar-refractivity contribution in [1.82, 2.24) is 26.9 Å². The van der Waals surface area contributed by atoms with Crippen molar-refractivity contribution in [3.05, 3.63) is 56.1 Å². The molecule has 2 aliphatic rings. The van der Waals surface area contributed by atoms with Crippen LogP contribution in [-0.4, -0.2) is 67.2 Å². The number of amides is 4. The molecule has 3 atom stereocenters. The van der Waals surface area contributed by atoms with Crippen LogP contribution in [0.4, 0.5) is 18.4 Å². The second-order valence-corrected chi connectivity index (χ2v) is 15.9. The molecule has 18 heteroatoms. The molecule has 0 aliphatic carbocycles. The number of hydrazone groups is 1. The molecule has 4 rings (SSSR count). The number of rotatable bonds is 11. The number of ether oxygens (including phenoxy) is 4. The number of nitrogens with zero attached hydrogens (tertiary/aromatic N) is 1. The number of benzene rings is 2. The number of hydrazine groups is 1. The molecule has 0 bridgehead atoms. The molecule has 5 N–H and O–H groups in total. The van der Waals surface area contributed by atoms with Crippen molar-refractivity contribution in [2.24, 2.45) is 5.10 Å². The number of carbonyl (C=O) groups is 4. The van der Waals surface area contributed by atoms with Gasteiger partial charge in [-0.05, 0) is 81.4 Å². The average molecular weight is 830 g/mol. The number of hydrogen-bond donors (Lipinski definition) is 5. The summed E-state index contributed by atoms with van der Waals surface area (Å²) in [4.78, 5) is 46.9. The van der Waals surface area contributed by atoms with Gasteiger partial charge in [0, 0.05) is 60.0 Å². The molecule has 56 heavy (non-hydrogen) atoms. The Kier molecular flexibility index (Phi) is 16.1. The number of nitrogens with one attached hydrogen (secondary N) is 5. The van der Waals surface area contributed by atoms with Crippen LogP contribution in [0.3, 0.4) is 0 Å². The van der Waals surface area contributed by atoms with Gasteiger partial charge in [0.25, 0.3) is 0 Å². The first-order chi connectivity index (χ1) is 26.1. The van der Waals surface area contributed by atoms with Crippen LogP contribution < -0.4 is 36.4 Å². The molecule has 0 spiro atoms. The summed E-state index contributed by atoms with van der Waals surface area (Å²) in [6, 6.07) is 2.39. The zero-order valence-electron chi connectivity index (χ0n) is 33.4. The predicted octanol–water partition coefficient (Wildman–Crippen LogP) is 7.30. The Balaban J connectivity index is 0.000000300. The van der Waals surface area contributed by atoms with Gasteiger partial charge in [-0.1, -0.05) is 23.2 Å². The Morgan fingerprint density at radius 3 is 1.77 bits per heavy atom. The molecule has 2 saturated heterocycles. The summed E-state index contributed by atoms with van der Waals surface area (Å²) in [6.45, 7) is 18.6. The second-order valence-electron chi connectivity index (χ2n) is 15.0. The van der Waals surface area contributed by atoms with E-state index in [1.165, 1.54) is 12.1 Å². The van der Waals surface area contributed by atoms with Gasteiger partial charge in [0.05, 0.1) is 35.0 Å². The number of halogens is 4. The Morgan fingerprint density at radius 2 is 1.30 bits per heavy atom. The third kappa shape index (κ3) is 12.8. The van der Waals surface area contributed by atoms with E-state index in [4.69, 9.17) is 42.1 Å². The normalized spacial score (nSPS) is 17.6. The summed E-state index contributed by atoms with van der Waals surface area (Å²) < 4.78 is 51.4. The third-order valence-electron chi connectivity index (χ3n) is 8.15. The van der Waals surface area contributed by atoms with E-state index in [0.29, 0.717) is 42.3 Å². The maximum Gasteiger partial charge on any atom is 0.428 e. The highest BCUT2D eigenvalue weighted by Gasteiger charge is 2.34. The average Bonchev–Trinajstić information content (AvgIpc) is 3.72. The van der Waals surface area contributed by atoms with Crippen molar-refractivity contribution in [1.29, 1.82) is 0 Å². The first kappa shape index (κ1) is 46.0. The van der Waals surface area contributed by atoms with Crippen molar-refractivity contribution < 1.29 is 46.9 Å². The minimum absolute atomic E-state index is 0.0706. The Labute approximate surface area is 336 Å². The van der Waals surface area contributed by atoms with Crippen LogP contribution >= 0.6 is 23.2 Å². The van der Waals surface area contributed by atoms with Crippen molar-refractivity contribution in [2.45, 2.75) is 111 Å². The van der Waals surface area contributed by atoms with E-state index in [9.17, 15) is 28.0 Å². The van der Waals surface area contributed by atoms with Gasteiger partial charge in [0.15, 0.2) is 0 Å². The minimum atomic E-state index is -0.719. The summed E-state index contributed by atoms with van der Waals surface area (Å²) in [7, 11) is 0. The number of carbonyl (C=O) groups excluding carboxylic acids is 4. The van der Waals surface area contributed by atoms with Crippen LogP contribution in [0.15, 0.2) is 17.2 Å². The van der Waals surface area contributed by atoms with E-state index >= 15 is 0 Å². The van der Waals surface area contributed by atoms with Gasteiger partial charge in [-0.25, -0.2) is 29.2 Å². The standard InChI is InChI=1S/C19H27ClFN3O4.C19H25ClFN3O4/c2*1-6-27-17-12(10(2)23-24-18(26)28-19(3,4)5)8-13(20)16(21)15(17)11-7-14(25)22-9-11/h8,10-11,23H,6-7,9H2,1-5H3,(H,22,25)(H,24,26);8,11H,6-7,9H2,1-5H3,(H,22,25)(H,24,26)/b;23-10+/t10-,11-;11-/m00/s1. The largest absolute Gasteiger partial charge is 0.493 e. The molecule has 0 aromatic heterocycles. The monoisotopic (exact) mass is 828 g/mol. The Hall–Kier alpha value is -4.41. The van der Waals surface area contributed by atoms with E-state index in [0.717, 1.165) is 0 Å². The van der Waals surface area contributed by atoms with Crippen molar-refractivity contribution in [2.75, 3.05) is 26.3 Å². The maximum atomic E-state index is 14.8. The van der Waals surface area contributed by atoms with Crippen molar-refractivity contribution >= 4 is 52.9 Å². The zero-order chi connectivity index (χ0) is 42.1. The van der Waals surface area contributed by atoms with Crippen LogP contribution in [-0.2, 0) is 19.1 Å². The van der Waals surface area contributed by atoms with Gasteiger partial charge < -0.3 is 29.6 Å². The third-order valence-corrected chi connectivity index (χ3v) is 8.70. The van der Waals surface area contributed by atoms with Gasteiger partial charge in [-0.2, -0.15) is 5.10 Å². The lowest BCUT2D eigenvalue weighted by atomic mass is 9.92. The van der Waals surface area contributed by atoms with Gasteiger partial charge in [0.2, 0.25) is 11.8 Å². The van der Waals surface area contributed by atoms with Crippen molar-refractivity contribution in [3.8, 4) is 11.5 Å². The highest BCUT2D eigenvalue weighted by Crippen LogP contribution is 2.42. The van der Waals surface area contributed by atoms with E-state index in [1.807, 2.05) is 0 Å². The quantitative estimate of drug-likeness (QED) is 0.115. The molecule has 0 unspecified atom stereocenters. The minimum Gasteiger partial charge on any atom is -0.493 e. The molecule has 310 valence electrons. The zero-order valence-corrected chi connectivity index (χ0v) is 34.9. The molecule has 2 aromatic rings. The number of hydrogen-bond acceptors (Lipinski definition) is 10. The summed E-state index contributed by atoms with van der Waals surface area (Å²) in [5.41, 5.74) is 8.15. The summed E-state index contributed by atoms with van der Waals surface area (Å²) in [5.74, 6) is -1.71. The maximum absolute atomic E-state index is 14.8. The van der Waals surface area contributed by atoms with Crippen LogP contribution in [0, 0.1) is 11.6 Å². The van der Waals surface area contributed by atoms with Crippen LogP contribution in [0.5, 0.6) is 11.5 Å². The fourth-order valence-electron chi connectivity index (χ4n) is 5.86. The predicted molar refractivity (Wildman–Crippen MR) is 208 cm³/mol. The Bertz CT molecular complexity index is 1820. The van der Waals surface area contributed by atoms with Gasteiger partial charge >= 0.3 is 12.2 Å². The lowest BCUT2D eigenvalue weighted by Gasteiger charge is -2.25. The molecule has 2 aliphatic heterocycles. The molecule has 4 amide bonds. The first-order valence-corrected chi connectivity index (χ1v) is 18.9. The summed E-state index contributed by atoms with van der Waals surface area (Å²) in [6.07, 6.45) is -1.06. The van der Waals surface area contributed by atoms with E-state index in [-0.39, 0.29) is 64.1 Å².